The van der Waals surface area contributed by atoms with Gasteiger partial charge in [-0.05, 0) is 51.0 Å². The predicted octanol–water partition coefficient (Wildman–Crippen LogP) is 1.86. The van der Waals surface area contributed by atoms with Crippen molar-refractivity contribution in [2.24, 2.45) is 5.92 Å². The minimum atomic E-state index is -3.70. The van der Waals surface area contributed by atoms with Crippen molar-refractivity contribution in [2.75, 3.05) is 36.4 Å². The Morgan fingerprint density at radius 3 is 2.39 bits per heavy atom. The van der Waals surface area contributed by atoms with Crippen molar-refractivity contribution >= 4 is 33.3 Å². The Labute approximate surface area is 180 Å². The summed E-state index contributed by atoms with van der Waals surface area (Å²) in [5, 5.41) is 9.37. The summed E-state index contributed by atoms with van der Waals surface area (Å²) in [5.74, 6) is -0.145. The normalized spacial score (nSPS) is 18.3. The number of aryl methyl sites for hydroxylation is 2. The van der Waals surface area contributed by atoms with Gasteiger partial charge in [0, 0.05) is 43.5 Å². The molecule has 2 N–H and O–H groups in total. The van der Waals surface area contributed by atoms with Crippen LogP contribution in [0.2, 0.25) is 0 Å². The summed E-state index contributed by atoms with van der Waals surface area (Å²) >= 11 is 0. The summed E-state index contributed by atoms with van der Waals surface area (Å²) in [5.41, 5.74) is 1.75. The lowest BCUT2D eigenvalue weighted by Gasteiger charge is -2.30. The molecule has 1 aromatic heterocycles. The maximum absolute atomic E-state index is 12.9. The maximum Gasteiger partial charge on any atom is 0.321 e. The number of benzene rings is 1. The van der Waals surface area contributed by atoms with Gasteiger partial charge in [-0.1, -0.05) is 5.16 Å². The lowest BCUT2D eigenvalue weighted by Crippen LogP contribution is -2.41. The van der Waals surface area contributed by atoms with Crippen LogP contribution in [0.3, 0.4) is 0 Å². The van der Waals surface area contributed by atoms with Crippen molar-refractivity contribution in [2.45, 2.75) is 31.6 Å². The summed E-state index contributed by atoms with van der Waals surface area (Å²) in [4.78, 5) is 26.2. The molecule has 0 radical (unpaired) electrons. The van der Waals surface area contributed by atoms with Gasteiger partial charge < -0.3 is 15.2 Å². The van der Waals surface area contributed by atoms with E-state index in [1.165, 1.54) is 4.31 Å². The van der Waals surface area contributed by atoms with E-state index >= 15 is 0 Å². The van der Waals surface area contributed by atoms with Crippen LogP contribution in [0.4, 0.5) is 16.2 Å². The van der Waals surface area contributed by atoms with Gasteiger partial charge in [0.2, 0.25) is 15.9 Å². The first-order valence-corrected chi connectivity index (χ1v) is 11.6. The van der Waals surface area contributed by atoms with Crippen molar-refractivity contribution in [1.82, 2.24) is 14.8 Å². The predicted molar refractivity (Wildman–Crippen MR) is 113 cm³/mol. The lowest BCUT2D eigenvalue weighted by molar-refractivity contribution is -0.120. The summed E-state index contributed by atoms with van der Waals surface area (Å²) in [6, 6.07) is 6.97. The number of sulfonamides is 1. The highest BCUT2D eigenvalue weighted by molar-refractivity contribution is 7.89. The number of piperidine rings is 1. The van der Waals surface area contributed by atoms with Gasteiger partial charge in [-0.3, -0.25) is 9.69 Å². The van der Waals surface area contributed by atoms with Crippen LogP contribution in [0.15, 0.2) is 33.7 Å². The maximum atomic E-state index is 12.9. The number of nitrogens with one attached hydrogen (secondary N) is 2. The van der Waals surface area contributed by atoms with Crippen LogP contribution in [0, 0.1) is 19.8 Å². The average Bonchev–Trinajstić information content (AvgIpc) is 3.33. The van der Waals surface area contributed by atoms with Gasteiger partial charge >= 0.3 is 6.03 Å². The standard InChI is InChI=1S/C20H25N5O5S/c1-13-18(14(2)30-23-13)31(28,29)24-10-7-15(8-11-24)19(26)22-16-3-5-17(6-4-16)25-12-9-21-20(25)27/h3-6,15H,7-12H2,1-2H3,(H,21,27)(H,22,26). The van der Waals surface area contributed by atoms with Crippen LogP contribution in [-0.2, 0) is 14.8 Å². The Hall–Kier alpha value is -2.92. The molecule has 0 spiro atoms. The fourth-order valence-corrected chi connectivity index (χ4v) is 5.78. The molecule has 2 aliphatic rings. The van der Waals surface area contributed by atoms with E-state index in [1.807, 2.05) is 0 Å². The average molecular weight is 448 g/mol. The minimum Gasteiger partial charge on any atom is -0.360 e. The van der Waals surface area contributed by atoms with Gasteiger partial charge in [-0.15, -0.1) is 0 Å². The minimum absolute atomic E-state index is 0.113. The number of carbonyl (C=O) groups excluding carboxylic acids is 2. The number of rotatable bonds is 5. The van der Waals surface area contributed by atoms with Crippen molar-refractivity contribution in [3.05, 3.63) is 35.7 Å². The van der Waals surface area contributed by atoms with E-state index in [2.05, 4.69) is 15.8 Å². The summed E-state index contributed by atoms with van der Waals surface area (Å²) in [6.07, 6.45) is 0.862. The Morgan fingerprint density at radius 1 is 1.16 bits per heavy atom. The Kier molecular flexibility index (Phi) is 5.71. The molecule has 2 saturated heterocycles. The zero-order valence-corrected chi connectivity index (χ0v) is 18.2. The molecular formula is C20H25N5O5S. The Balaban J connectivity index is 1.35. The van der Waals surface area contributed by atoms with Crippen molar-refractivity contribution in [3.63, 3.8) is 0 Å². The van der Waals surface area contributed by atoms with Gasteiger partial charge in [0.25, 0.3) is 0 Å². The first-order chi connectivity index (χ1) is 14.8. The fraction of sp³-hybridized carbons (Fsp3) is 0.450. The zero-order chi connectivity index (χ0) is 22.2. The molecule has 2 aliphatic heterocycles. The molecule has 3 heterocycles. The molecule has 166 valence electrons. The highest BCUT2D eigenvalue weighted by atomic mass is 32.2. The second-order valence-electron chi connectivity index (χ2n) is 7.75. The number of aromatic nitrogens is 1. The molecule has 3 amide bonds. The SMILES string of the molecule is Cc1noc(C)c1S(=O)(=O)N1CCC(C(=O)Nc2ccc(N3CCNC3=O)cc2)CC1. The van der Waals surface area contributed by atoms with E-state index in [1.54, 1.807) is 43.0 Å². The van der Waals surface area contributed by atoms with Crippen molar-refractivity contribution in [3.8, 4) is 0 Å². The molecular weight excluding hydrogens is 422 g/mol. The topological polar surface area (TPSA) is 125 Å². The van der Waals surface area contributed by atoms with E-state index in [-0.39, 0.29) is 41.6 Å². The van der Waals surface area contributed by atoms with Crippen LogP contribution >= 0.6 is 0 Å². The van der Waals surface area contributed by atoms with E-state index in [0.717, 1.165) is 5.69 Å². The second-order valence-corrected chi connectivity index (χ2v) is 9.63. The molecule has 2 fully saturated rings. The first kappa shape index (κ1) is 21.3. The second kappa shape index (κ2) is 8.31. The summed E-state index contributed by atoms with van der Waals surface area (Å²) in [7, 11) is -3.70. The van der Waals surface area contributed by atoms with Gasteiger partial charge in [-0.2, -0.15) is 4.31 Å². The summed E-state index contributed by atoms with van der Waals surface area (Å²) < 4.78 is 32.2. The molecule has 0 atom stereocenters. The zero-order valence-electron chi connectivity index (χ0n) is 17.4. The number of hydrogen-bond acceptors (Lipinski definition) is 6. The highest BCUT2D eigenvalue weighted by Gasteiger charge is 2.35. The van der Waals surface area contributed by atoms with Gasteiger partial charge in [0.05, 0.1) is 0 Å². The van der Waals surface area contributed by atoms with Crippen molar-refractivity contribution in [1.29, 1.82) is 0 Å². The van der Waals surface area contributed by atoms with Crippen LogP contribution in [0.25, 0.3) is 0 Å². The number of urea groups is 1. The van der Waals surface area contributed by atoms with Crippen LogP contribution in [0.5, 0.6) is 0 Å². The van der Waals surface area contributed by atoms with Gasteiger partial charge in [0.1, 0.15) is 10.6 Å². The van der Waals surface area contributed by atoms with E-state index in [4.69, 9.17) is 4.52 Å². The van der Waals surface area contributed by atoms with Crippen LogP contribution in [0.1, 0.15) is 24.3 Å². The Morgan fingerprint density at radius 2 is 1.84 bits per heavy atom. The fourth-order valence-electron chi connectivity index (χ4n) is 4.02. The number of carbonyl (C=O) groups is 2. The number of hydrogen-bond donors (Lipinski definition) is 2. The monoisotopic (exact) mass is 447 g/mol. The molecule has 1 aromatic carbocycles. The number of anilines is 2. The molecule has 0 saturated carbocycles. The third-order valence-corrected chi connectivity index (χ3v) is 7.84. The molecule has 10 nitrogen and oxygen atoms in total. The largest absolute Gasteiger partial charge is 0.360 e. The molecule has 31 heavy (non-hydrogen) atoms. The molecule has 0 bridgehead atoms. The molecule has 11 heteroatoms. The van der Waals surface area contributed by atoms with Crippen LogP contribution in [-0.4, -0.2) is 56.0 Å². The first-order valence-electron chi connectivity index (χ1n) is 10.2. The van der Waals surface area contributed by atoms with Gasteiger partial charge in [0.15, 0.2) is 5.76 Å². The quantitative estimate of drug-likeness (QED) is 0.721. The molecule has 0 aliphatic carbocycles. The van der Waals surface area contributed by atoms with E-state index < -0.39 is 10.0 Å². The molecule has 2 aromatic rings. The third kappa shape index (κ3) is 4.15. The third-order valence-electron chi connectivity index (χ3n) is 5.69. The van der Waals surface area contributed by atoms with E-state index in [0.29, 0.717) is 37.3 Å². The lowest BCUT2D eigenvalue weighted by atomic mass is 9.97. The van der Waals surface area contributed by atoms with Crippen LogP contribution < -0.4 is 15.5 Å². The van der Waals surface area contributed by atoms with E-state index in [9.17, 15) is 18.0 Å². The smallest absolute Gasteiger partial charge is 0.321 e. The highest BCUT2D eigenvalue weighted by Crippen LogP contribution is 2.28. The number of nitrogens with zero attached hydrogens (tertiary/aromatic N) is 3. The van der Waals surface area contributed by atoms with Gasteiger partial charge in [-0.25, -0.2) is 13.2 Å². The van der Waals surface area contributed by atoms with Crippen molar-refractivity contribution < 1.29 is 22.5 Å². The molecule has 0 unspecified atom stereocenters. The summed E-state index contributed by atoms with van der Waals surface area (Å²) in [6.45, 7) is 4.92. The Bertz CT molecular complexity index is 1070. The number of amides is 3. The molecule has 4 rings (SSSR count).